The molecule has 4 aromatic rings. The Hall–Kier alpha value is -2.36. The summed E-state index contributed by atoms with van der Waals surface area (Å²) in [5.74, 6) is 0. The van der Waals surface area contributed by atoms with Crippen LogP contribution < -0.4 is 0 Å². The van der Waals surface area contributed by atoms with Gasteiger partial charge >= 0.3 is 0 Å². The van der Waals surface area contributed by atoms with Gasteiger partial charge in [-0.2, -0.15) is 0 Å². The molecule has 0 radical (unpaired) electrons. The van der Waals surface area contributed by atoms with Gasteiger partial charge in [0.05, 0.1) is 4.90 Å². The van der Waals surface area contributed by atoms with E-state index in [1.54, 1.807) is 6.07 Å². The molecule has 4 aromatic carbocycles. The second-order valence-electron chi connectivity index (χ2n) is 5.63. The highest BCUT2D eigenvalue weighted by atomic mass is 35.7. The molecule has 0 saturated heterocycles. The molecular formula is C20H13ClO2S. The van der Waals surface area contributed by atoms with E-state index in [4.69, 9.17) is 10.7 Å². The van der Waals surface area contributed by atoms with Gasteiger partial charge in [-0.15, -0.1) is 0 Å². The van der Waals surface area contributed by atoms with Crippen molar-refractivity contribution < 1.29 is 8.42 Å². The van der Waals surface area contributed by atoms with Gasteiger partial charge < -0.3 is 0 Å². The Morgan fingerprint density at radius 3 is 1.88 bits per heavy atom. The van der Waals surface area contributed by atoms with Gasteiger partial charge in [-0.05, 0) is 21.7 Å². The van der Waals surface area contributed by atoms with Crippen LogP contribution in [0.15, 0.2) is 83.8 Å². The lowest BCUT2D eigenvalue weighted by atomic mass is 9.96. The van der Waals surface area contributed by atoms with E-state index in [0.717, 1.165) is 21.7 Å². The second kappa shape index (κ2) is 5.62. The summed E-state index contributed by atoms with van der Waals surface area (Å²) in [7, 11) is 1.91. The number of hydrogen-bond acceptors (Lipinski definition) is 2. The van der Waals surface area contributed by atoms with Crippen LogP contribution in [-0.4, -0.2) is 8.42 Å². The van der Waals surface area contributed by atoms with Gasteiger partial charge in [0.2, 0.25) is 0 Å². The van der Waals surface area contributed by atoms with Crippen LogP contribution in [0, 0.1) is 0 Å². The molecule has 24 heavy (non-hydrogen) atoms. The van der Waals surface area contributed by atoms with Gasteiger partial charge in [0, 0.05) is 21.6 Å². The summed E-state index contributed by atoms with van der Waals surface area (Å²) in [4.78, 5) is 0.165. The number of halogens is 1. The molecule has 0 aromatic heterocycles. The van der Waals surface area contributed by atoms with Crippen molar-refractivity contribution >= 4 is 41.3 Å². The van der Waals surface area contributed by atoms with Gasteiger partial charge in [-0.3, -0.25) is 0 Å². The van der Waals surface area contributed by atoms with Crippen LogP contribution in [0.3, 0.4) is 0 Å². The summed E-state index contributed by atoms with van der Waals surface area (Å²) in [6.07, 6.45) is 0. The summed E-state index contributed by atoms with van der Waals surface area (Å²) < 4.78 is 24.7. The van der Waals surface area contributed by atoms with Crippen molar-refractivity contribution in [2.75, 3.05) is 0 Å². The van der Waals surface area contributed by atoms with Crippen LogP contribution in [0.1, 0.15) is 0 Å². The first-order valence-electron chi connectivity index (χ1n) is 7.50. The number of fused-ring (bicyclic) bond motifs is 2. The van der Waals surface area contributed by atoms with Crippen LogP contribution in [0.2, 0.25) is 0 Å². The molecule has 0 N–H and O–H groups in total. The number of benzene rings is 4. The summed E-state index contributed by atoms with van der Waals surface area (Å²) in [6.45, 7) is 0. The normalized spacial score (nSPS) is 11.9. The molecule has 0 unspecified atom stereocenters. The molecule has 0 atom stereocenters. The average Bonchev–Trinajstić information content (AvgIpc) is 2.59. The quantitative estimate of drug-likeness (QED) is 0.441. The fourth-order valence-corrected chi connectivity index (χ4v) is 4.57. The van der Waals surface area contributed by atoms with E-state index >= 15 is 0 Å². The van der Waals surface area contributed by atoms with Crippen LogP contribution in [0.25, 0.3) is 32.7 Å². The monoisotopic (exact) mass is 352 g/mol. The van der Waals surface area contributed by atoms with Crippen molar-refractivity contribution in [2.45, 2.75) is 4.90 Å². The van der Waals surface area contributed by atoms with Crippen LogP contribution in [0.4, 0.5) is 0 Å². The van der Waals surface area contributed by atoms with E-state index in [0.29, 0.717) is 10.9 Å². The molecule has 118 valence electrons. The van der Waals surface area contributed by atoms with E-state index in [1.807, 2.05) is 72.8 Å². The smallest absolute Gasteiger partial charge is 0.207 e. The van der Waals surface area contributed by atoms with Crippen LogP contribution in [0.5, 0.6) is 0 Å². The molecule has 0 aliphatic rings. The van der Waals surface area contributed by atoms with Gasteiger partial charge in [0.1, 0.15) is 0 Å². The van der Waals surface area contributed by atoms with E-state index in [1.165, 1.54) is 0 Å². The fraction of sp³-hybridized carbons (Fsp3) is 0. The maximum atomic E-state index is 12.3. The second-order valence-corrected chi connectivity index (χ2v) is 8.13. The first-order chi connectivity index (χ1) is 11.6. The Balaban J connectivity index is 2.18. The van der Waals surface area contributed by atoms with Crippen molar-refractivity contribution in [3.8, 4) is 11.1 Å². The molecule has 0 spiro atoms. The van der Waals surface area contributed by atoms with Crippen LogP contribution in [-0.2, 0) is 9.05 Å². The van der Waals surface area contributed by atoms with Gasteiger partial charge in [0.25, 0.3) is 9.05 Å². The zero-order chi connectivity index (χ0) is 16.7. The molecule has 0 saturated carbocycles. The number of hydrogen-bond donors (Lipinski definition) is 0. The zero-order valence-electron chi connectivity index (χ0n) is 12.6. The van der Waals surface area contributed by atoms with E-state index < -0.39 is 9.05 Å². The Kier molecular flexibility index (Phi) is 3.56. The Morgan fingerprint density at radius 2 is 1.17 bits per heavy atom. The number of rotatable bonds is 2. The van der Waals surface area contributed by atoms with Crippen molar-refractivity contribution in [3.05, 3.63) is 78.9 Å². The maximum Gasteiger partial charge on any atom is 0.262 e. The molecule has 4 rings (SSSR count). The van der Waals surface area contributed by atoms with Gasteiger partial charge in [-0.1, -0.05) is 78.9 Å². The molecule has 0 fully saturated rings. The zero-order valence-corrected chi connectivity index (χ0v) is 14.2. The third kappa shape index (κ3) is 2.46. The third-order valence-electron chi connectivity index (χ3n) is 4.20. The van der Waals surface area contributed by atoms with Crippen molar-refractivity contribution in [2.24, 2.45) is 0 Å². The summed E-state index contributed by atoms with van der Waals surface area (Å²) in [5, 5.41) is 3.54. The molecule has 0 aliphatic carbocycles. The highest BCUT2D eigenvalue weighted by Crippen LogP contribution is 2.38. The predicted molar refractivity (Wildman–Crippen MR) is 99.9 cm³/mol. The maximum absolute atomic E-state index is 12.3. The fourth-order valence-electron chi connectivity index (χ4n) is 3.18. The first-order valence-corrected chi connectivity index (χ1v) is 9.81. The SMILES string of the molecule is O=S(=O)(Cl)c1c(-c2cccc3ccccc23)ccc2ccccc12. The summed E-state index contributed by atoms with van der Waals surface area (Å²) in [6, 6.07) is 24.9. The van der Waals surface area contributed by atoms with E-state index in [2.05, 4.69) is 0 Å². The minimum Gasteiger partial charge on any atom is -0.207 e. The minimum atomic E-state index is -3.90. The largest absolute Gasteiger partial charge is 0.262 e. The summed E-state index contributed by atoms with van der Waals surface area (Å²) >= 11 is 0. The van der Waals surface area contributed by atoms with Gasteiger partial charge in [0.15, 0.2) is 0 Å². The highest BCUT2D eigenvalue weighted by Gasteiger charge is 2.21. The standard InChI is InChI=1S/C20H13ClO2S/c21-24(22,23)20-17-10-4-2-7-15(17)12-13-19(20)18-11-5-8-14-6-1-3-9-16(14)18/h1-13H. The molecule has 0 amide bonds. The minimum absolute atomic E-state index is 0.165. The lowest BCUT2D eigenvalue weighted by molar-refractivity contribution is 0.610. The molecule has 0 aliphatic heterocycles. The van der Waals surface area contributed by atoms with Crippen molar-refractivity contribution in [3.63, 3.8) is 0 Å². The van der Waals surface area contributed by atoms with E-state index in [-0.39, 0.29) is 4.90 Å². The molecular weight excluding hydrogens is 340 g/mol. The molecule has 0 heterocycles. The lowest BCUT2D eigenvalue weighted by Gasteiger charge is -2.13. The average molecular weight is 353 g/mol. The first kappa shape index (κ1) is 15.2. The van der Waals surface area contributed by atoms with E-state index in [9.17, 15) is 8.42 Å². The third-order valence-corrected chi connectivity index (χ3v) is 5.59. The Labute approximate surface area is 144 Å². The van der Waals surface area contributed by atoms with Crippen molar-refractivity contribution in [1.82, 2.24) is 0 Å². The highest BCUT2D eigenvalue weighted by molar-refractivity contribution is 8.14. The van der Waals surface area contributed by atoms with Crippen molar-refractivity contribution in [1.29, 1.82) is 0 Å². The summed E-state index contributed by atoms with van der Waals surface area (Å²) in [5.41, 5.74) is 1.48. The predicted octanol–water partition coefficient (Wildman–Crippen LogP) is 5.59. The molecule has 0 bridgehead atoms. The lowest BCUT2D eigenvalue weighted by Crippen LogP contribution is -1.97. The Morgan fingerprint density at radius 1 is 0.583 bits per heavy atom. The molecule has 2 nitrogen and oxygen atoms in total. The van der Waals surface area contributed by atoms with Gasteiger partial charge in [-0.25, -0.2) is 8.42 Å². The van der Waals surface area contributed by atoms with Crippen LogP contribution >= 0.6 is 10.7 Å². The molecule has 4 heteroatoms. The Bertz CT molecular complexity index is 1180. The topological polar surface area (TPSA) is 34.1 Å².